The molecule has 0 spiro atoms. The molecule has 0 heterocycles. The standard InChI is InChI=1S/C10H19NO/c1-3-9(2)7-11-10(8-12)5-4-6-10/h11-12H,2-8H2,1H3. The third-order valence-corrected chi connectivity index (χ3v) is 2.83. The lowest BCUT2D eigenvalue weighted by atomic mass is 9.77. The minimum atomic E-state index is 0.0398. The Morgan fingerprint density at radius 2 is 2.25 bits per heavy atom. The molecule has 1 saturated carbocycles. The van der Waals surface area contributed by atoms with Gasteiger partial charge in [0.1, 0.15) is 0 Å². The van der Waals surface area contributed by atoms with Crippen molar-refractivity contribution in [2.24, 2.45) is 0 Å². The first-order valence-corrected chi connectivity index (χ1v) is 4.75. The summed E-state index contributed by atoms with van der Waals surface area (Å²) in [5.41, 5.74) is 1.26. The summed E-state index contributed by atoms with van der Waals surface area (Å²) >= 11 is 0. The lowest BCUT2D eigenvalue weighted by molar-refractivity contribution is 0.0917. The lowest BCUT2D eigenvalue weighted by Crippen LogP contribution is -2.54. The van der Waals surface area contributed by atoms with Crippen LogP contribution in [0.2, 0.25) is 0 Å². The van der Waals surface area contributed by atoms with Gasteiger partial charge in [-0.1, -0.05) is 19.1 Å². The molecular formula is C10H19NO. The molecule has 2 heteroatoms. The summed E-state index contributed by atoms with van der Waals surface area (Å²) in [5, 5.41) is 12.5. The first-order valence-electron chi connectivity index (χ1n) is 4.75. The van der Waals surface area contributed by atoms with Crippen LogP contribution in [-0.4, -0.2) is 23.8 Å². The zero-order valence-corrected chi connectivity index (χ0v) is 7.90. The number of nitrogens with one attached hydrogen (secondary N) is 1. The molecule has 0 aromatic carbocycles. The number of hydrogen-bond donors (Lipinski definition) is 2. The van der Waals surface area contributed by atoms with Crippen LogP contribution in [0, 0.1) is 0 Å². The van der Waals surface area contributed by atoms with Crippen LogP contribution in [0.1, 0.15) is 32.6 Å². The fourth-order valence-corrected chi connectivity index (χ4v) is 1.43. The van der Waals surface area contributed by atoms with Gasteiger partial charge in [-0.25, -0.2) is 0 Å². The smallest absolute Gasteiger partial charge is 0.0613 e. The molecule has 1 fully saturated rings. The first-order chi connectivity index (χ1) is 5.72. The van der Waals surface area contributed by atoms with Crippen LogP contribution >= 0.6 is 0 Å². The Balaban J connectivity index is 2.24. The van der Waals surface area contributed by atoms with Crippen molar-refractivity contribution in [2.45, 2.75) is 38.1 Å². The minimum Gasteiger partial charge on any atom is -0.394 e. The maximum Gasteiger partial charge on any atom is 0.0613 e. The van der Waals surface area contributed by atoms with Crippen molar-refractivity contribution in [1.82, 2.24) is 5.32 Å². The molecule has 0 unspecified atom stereocenters. The van der Waals surface area contributed by atoms with Gasteiger partial charge in [0.15, 0.2) is 0 Å². The summed E-state index contributed by atoms with van der Waals surface area (Å²) in [4.78, 5) is 0. The molecule has 0 aliphatic heterocycles. The highest BCUT2D eigenvalue weighted by atomic mass is 16.3. The van der Waals surface area contributed by atoms with E-state index >= 15 is 0 Å². The van der Waals surface area contributed by atoms with E-state index in [0.29, 0.717) is 0 Å². The second-order valence-corrected chi connectivity index (χ2v) is 3.75. The maximum atomic E-state index is 9.13. The van der Waals surface area contributed by atoms with E-state index in [4.69, 9.17) is 5.11 Å². The highest BCUT2D eigenvalue weighted by molar-refractivity contribution is 5.02. The normalized spacial score (nSPS) is 20.2. The molecule has 0 amide bonds. The molecule has 0 saturated heterocycles. The van der Waals surface area contributed by atoms with Gasteiger partial charge in [-0.05, 0) is 25.7 Å². The lowest BCUT2D eigenvalue weighted by Gasteiger charge is -2.41. The zero-order chi connectivity index (χ0) is 9.03. The van der Waals surface area contributed by atoms with Crippen molar-refractivity contribution >= 4 is 0 Å². The molecule has 70 valence electrons. The Labute approximate surface area is 74.7 Å². The van der Waals surface area contributed by atoms with Crippen LogP contribution in [0.4, 0.5) is 0 Å². The van der Waals surface area contributed by atoms with Crippen LogP contribution in [0.3, 0.4) is 0 Å². The average Bonchev–Trinajstić information content (AvgIpc) is 2.03. The fraction of sp³-hybridized carbons (Fsp3) is 0.800. The summed E-state index contributed by atoms with van der Waals surface area (Å²) in [5.74, 6) is 0. The Hall–Kier alpha value is -0.340. The van der Waals surface area contributed by atoms with E-state index in [2.05, 4.69) is 18.8 Å². The van der Waals surface area contributed by atoms with Crippen LogP contribution in [-0.2, 0) is 0 Å². The molecule has 1 rings (SSSR count). The van der Waals surface area contributed by atoms with Crippen molar-refractivity contribution in [3.05, 3.63) is 12.2 Å². The zero-order valence-electron chi connectivity index (χ0n) is 7.90. The molecule has 2 N–H and O–H groups in total. The summed E-state index contributed by atoms with van der Waals surface area (Å²) in [6.07, 6.45) is 4.49. The molecule has 0 aromatic rings. The quantitative estimate of drug-likeness (QED) is 0.611. The van der Waals surface area contributed by atoms with Gasteiger partial charge >= 0.3 is 0 Å². The van der Waals surface area contributed by atoms with Crippen molar-refractivity contribution in [1.29, 1.82) is 0 Å². The molecule has 1 aliphatic rings. The summed E-state index contributed by atoms with van der Waals surface area (Å²) in [6.45, 7) is 7.16. The van der Waals surface area contributed by atoms with E-state index in [1.165, 1.54) is 12.0 Å². The van der Waals surface area contributed by atoms with Crippen molar-refractivity contribution in [3.63, 3.8) is 0 Å². The number of rotatable bonds is 5. The van der Waals surface area contributed by atoms with Gasteiger partial charge in [-0.3, -0.25) is 0 Å². The average molecular weight is 169 g/mol. The highest BCUT2D eigenvalue weighted by Crippen LogP contribution is 2.31. The van der Waals surface area contributed by atoms with E-state index in [1.54, 1.807) is 0 Å². The first kappa shape index (κ1) is 9.75. The molecule has 0 atom stereocenters. The molecule has 1 aliphatic carbocycles. The second-order valence-electron chi connectivity index (χ2n) is 3.75. The monoisotopic (exact) mass is 169 g/mol. The Morgan fingerprint density at radius 1 is 1.58 bits per heavy atom. The van der Waals surface area contributed by atoms with Crippen LogP contribution in [0.5, 0.6) is 0 Å². The van der Waals surface area contributed by atoms with Gasteiger partial charge < -0.3 is 10.4 Å². The van der Waals surface area contributed by atoms with E-state index < -0.39 is 0 Å². The number of aliphatic hydroxyl groups is 1. The molecular weight excluding hydrogens is 150 g/mol. The van der Waals surface area contributed by atoms with E-state index in [0.717, 1.165) is 25.8 Å². The largest absolute Gasteiger partial charge is 0.394 e. The van der Waals surface area contributed by atoms with Gasteiger partial charge in [-0.2, -0.15) is 0 Å². The summed E-state index contributed by atoms with van der Waals surface area (Å²) in [6, 6.07) is 0. The number of aliphatic hydroxyl groups excluding tert-OH is 1. The third kappa shape index (κ3) is 2.08. The third-order valence-electron chi connectivity index (χ3n) is 2.83. The van der Waals surface area contributed by atoms with Crippen LogP contribution in [0.15, 0.2) is 12.2 Å². The molecule has 0 radical (unpaired) electrons. The topological polar surface area (TPSA) is 32.3 Å². The molecule has 2 nitrogen and oxygen atoms in total. The van der Waals surface area contributed by atoms with Crippen LogP contribution in [0.25, 0.3) is 0 Å². The Kier molecular flexibility index (Phi) is 3.29. The molecule has 0 aromatic heterocycles. The van der Waals surface area contributed by atoms with Gasteiger partial charge in [0, 0.05) is 12.1 Å². The van der Waals surface area contributed by atoms with Crippen molar-refractivity contribution < 1.29 is 5.11 Å². The maximum absolute atomic E-state index is 9.13. The predicted octanol–water partition coefficient (Wildman–Crippen LogP) is 1.46. The van der Waals surface area contributed by atoms with Gasteiger partial charge in [0.25, 0.3) is 0 Å². The van der Waals surface area contributed by atoms with Gasteiger partial charge in [-0.15, -0.1) is 0 Å². The summed E-state index contributed by atoms with van der Waals surface area (Å²) < 4.78 is 0. The Bertz CT molecular complexity index is 156. The minimum absolute atomic E-state index is 0.0398. The Morgan fingerprint density at radius 3 is 2.58 bits per heavy atom. The molecule has 0 bridgehead atoms. The van der Waals surface area contributed by atoms with Crippen LogP contribution < -0.4 is 5.32 Å². The van der Waals surface area contributed by atoms with E-state index in [-0.39, 0.29) is 12.1 Å². The highest BCUT2D eigenvalue weighted by Gasteiger charge is 2.35. The molecule has 12 heavy (non-hydrogen) atoms. The van der Waals surface area contributed by atoms with E-state index in [9.17, 15) is 0 Å². The second kappa shape index (κ2) is 4.06. The summed E-state index contributed by atoms with van der Waals surface area (Å²) in [7, 11) is 0. The van der Waals surface area contributed by atoms with E-state index in [1.807, 2.05) is 0 Å². The van der Waals surface area contributed by atoms with Gasteiger partial charge in [0.2, 0.25) is 0 Å². The fourth-order valence-electron chi connectivity index (χ4n) is 1.43. The van der Waals surface area contributed by atoms with Crippen molar-refractivity contribution in [2.75, 3.05) is 13.2 Å². The van der Waals surface area contributed by atoms with Crippen molar-refractivity contribution in [3.8, 4) is 0 Å². The van der Waals surface area contributed by atoms with Gasteiger partial charge in [0.05, 0.1) is 6.61 Å². The predicted molar refractivity (Wildman–Crippen MR) is 51.1 cm³/mol. The SMILES string of the molecule is C=C(CC)CNC1(CO)CCC1. The number of hydrogen-bond acceptors (Lipinski definition) is 2.